The first-order chi connectivity index (χ1) is 9.77. The van der Waals surface area contributed by atoms with Crippen molar-refractivity contribution in [3.8, 4) is 0 Å². The Morgan fingerprint density at radius 2 is 1.00 bits per heavy atom. The van der Waals surface area contributed by atoms with Crippen LogP contribution in [-0.2, 0) is 9.78 Å². The fourth-order valence-electron chi connectivity index (χ4n) is 2.06. The molecule has 0 radical (unpaired) electrons. The van der Waals surface area contributed by atoms with Crippen LogP contribution in [-0.4, -0.2) is 13.2 Å². The van der Waals surface area contributed by atoms with Gasteiger partial charge in [0.2, 0.25) is 0 Å². The van der Waals surface area contributed by atoms with Crippen molar-refractivity contribution in [1.29, 1.82) is 0 Å². The van der Waals surface area contributed by atoms with E-state index in [4.69, 9.17) is 9.78 Å². The zero-order valence-electron chi connectivity index (χ0n) is 12.2. The van der Waals surface area contributed by atoms with Gasteiger partial charge in [0.05, 0.1) is 13.2 Å². The fourth-order valence-corrected chi connectivity index (χ4v) is 2.06. The van der Waals surface area contributed by atoms with Gasteiger partial charge in [0.15, 0.2) is 0 Å². The highest BCUT2D eigenvalue weighted by Gasteiger charge is 2.08. The standard InChI is InChI=1S/C18H22O2/c1-15(17-9-5-3-6-10-17)13-19-20-14-16(2)18-11-7-4-8-12-18/h3-12,15-16H,13-14H2,1-2H3. The molecule has 0 saturated carbocycles. The van der Waals surface area contributed by atoms with Gasteiger partial charge in [-0.25, -0.2) is 9.78 Å². The van der Waals surface area contributed by atoms with E-state index in [1.807, 2.05) is 36.4 Å². The highest BCUT2D eigenvalue weighted by atomic mass is 17.2. The van der Waals surface area contributed by atoms with E-state index in [0.29, 0.717) is 25.0 Å². The molecule has 0 aliphatic rings. The lowest BCUT2D eigenvalue weighted by atomic mass is 10.0. The molecule has 2 aromatic rings. The minimum atomic E-state index is 0.336. The van der Waals surface area contributed by atoms with Crippen LogP contribution in [0.4, 0.5) is 0 Å². The molecule has 20 heavy (non-hydrogen) atoms. The molecule has 2 nitrogen and oxygen atoms in total. The number of hydrogen-bond donors (Lipinski definition) is 0. The lowest BCUT2D eigenvalue weighted by molar-refractivity contribution is -0.298. The van der Waals surface area contributed by atoms with E-state index in [0.717, 1.165) is 0 Å². The number of hydrogen-bond acceptors (Lipinski definition) is 2. The molecular weight excluding hydrogens is 248 g/mol. The van der Waals surface area contributed by atoms with Gasteiger partial charge in [-0.3, -0.25) is 0 Å². The molecule has 0 aliphatic heterocycles. The van der Waals surface area contributed by atoms with Crippen LogP contribution in [0.5, 0.6) is 0 Å². The predicted octanol–water partition coefficient (Wildman–Crippen LogP) is 4.54. The monoisotopic (exact) mass is 270 g/mol. The Morgan fingerprint density at radius 3 is 1.35 bits per heavy atom. The van der Waals surface area contributed by atoms with Crippen LogP contribution in [0.25, 0.3) is 0 Å². The molecule has 0 amide bonds. The van der Waals surface area contributed by atoms with E-state index in [9.17, 15) is 0 Å². The predicted molar refractivity (Wildman–Crippen MR) is 81.6 cm³/mol. The van der Waals surface area contributed by atoms with E-state index in [1.54, 1.807) is 0 Å². The lowest BCUT2D eigenvalue weighted by Crippen LogP contribution is -2.09. The maximum absolute atomic E-state index is 5.34. The summed E-state index contributed by atoms with van der Waals surface area (Å²) in [7, 11) is 0. The van der Waals surface area contributed by atoms with Crippen LogP contribution in [0, 0.1) is 0 Å². The van der Waals surface area contributed by atoms with Crippen molar-refractivity contribution in [2.75, 3.05) is 13.2 Å². The van der Waals surface area contributed by atoms with Gasteiger partial charge in [-0.1, -0.05) is 74.5 Å². The molecule has 0 fully saturated rings. The maximum Gasteiger partial charge on any atom is 0.0888 e. The van der Waals surface area contributed by atoms with Gasteiger partial charge in [-0.2, -0.15) is 0 Å². The fraction of sp³-hybridized carbons (Fsp3) is 0.333. The largest absolute Gasteiger partial charge is 0.236 e. The third kappa shape index (κ3) is 4.48. The summed E-state index contributed by atoms with van der Waals surface area (Å²) in [6.45, 7) is 5.43. The van der Waals surface area contributed by atoms with Gasteiger partial charge >= 0.3 is 0 Å². The first-order valence-corrected chi connectivity index (χ1v) is 7.11. The smallest absolute Gasteiger partial charge is 0.0888 e. The summed E-state index contributed by atoms with van der Waals surface area (Å²) >= 11 is 0. The molecule has 0 saturated heterocycles. The lowest BCUT2D eigenvalue weighted by Gasteiger charge is -2.14. The van der Waals surface area contributed by atoms with Gasteiger partial charge in [0.25, 0.3) is 0 Å². The van der Waals surface area contributed by atoms with E-state index in [2.05, 4.69) is 38.1 Å². The molecule has 106 valence electrons. The first-order valence-electron chi connectivity index (χ1n) is 7.11. The van der Waals surface area contributed by atoms with E-state index in [-0.39, 0.29) is 0 Å². The van der Waals surface area contributed by atoms with Gasteiger partial charge in [-0.15, -0.1) is 0 Å². The van der Waals surface area contributed by atoms with E-state index in [1.165, 1.54) is 11.1 Å². The summed E-state index contributed by atoms with van der Waals surface area (Å²) in [6, 6.07) is 20.7. The summed E-state index contributed by atoms with van der Waals surface area (Å²) in [4.78, 5) is 10.7. The van der Waals surface area contributed by atoms with Crippen molar-refractivity contribution in [2.24, 2.45) is 0 Å². The van der Waals surface area contributed by atoms with Gasteiger partial charge < -0.3 is 0 Å². The summed E-state index contributed by atoms with van der Waals surface area (Å²) in [6.07, 6.45) is 0. The topological polar surface area (TPSA) is 18.5 Å². The van der Waals surface area contributed by atoms with Gasteiger partial charge in [0.1, 0.15) is 0 Å². The van der Waals surface area contributed by atoms with Crippen molar-refractivity contribution < 1.29 is 9.78 Å². The van der Waals surface area contributed by atoms with Gasteiger partial charge in [-0.05, 0) is 11.1 Å². The summed E-state index contributed by atoms with van der Waals surface area (Å²) in [5, 5.41) is 0. The molecule has 0 N–H and O–H groups in total. The molecule has 0 aliphatic carbocycles. The molecule has 0 spiro atoms. The zero-order valence-corrected chi connectivity index (χ0v) is 12.2. The molecule has 2 unspecified atom stereocenters. The molecule has 0 aromatic heterocycles. The second-order valence-electron chi connectivity index (χ2n) is 5.19. The molecular formula is C18H22O2. The summed E-state index contributed by atoms with van der Waals surface area (Å²) < 4.78 is 0. The molecule has 2 atom stereocenters. The van der Waals surface area contributed by atoms with Crippen LogP contribution in [0.15, 0.2) is 60.7 Å². The Morgan fingerprint density at radius 1 is 0.650 bits per heavy atom. The molecule has 2 heteroatoms. The van der Waals surface area contributed by atoms with Crippen LogP contribution in [0.1, 0.15) is 36.8 Å². The Bertz CT molecular complexity index is 434. The van der Waals surface area contributed by atoms with Crippen molar-refractivity contribution in [1.82, 2.24) is 0 Å². The van der Waals surface area contributed by atoms with Crippen molar-refractivity contribution in [3.05, 3.63) is 71.8 Å². The highest BCUT2D eigenvalue weighted by molar-refractivity contribution is 5.19. The average Bonchev–Trinajstić information content (AvgIpc) is 2.53. The van der Waals surface area contributed by atoms with Crippen LogP contribution < -0.4 is 0 Å². The van der Waals surface area contributed by atoms with Crippen LogP contribution in [0.3, 0.4) is 0 Å². The minimum Gasteiger partial charge on any atom is -0.236 e. The highest BCUT2D eigenvalue weighted by Crippen LogP contribution is 2.17. The first kappa shape index (κ1) is 14.8. The Kier molecular flexibility index (Phi) is 5.78. The van der Waals surface area contributed by atoms with E-state index >= 15 is 0 Å². The number of benzene rings is 2. The van der Waals surface area contributed by atoms with E-state index < -0.39 is 0 Å². The zero-order chi connectivity index (χ0) is 14.2. The third-order valence-electron chi connectivity index (χ3n) is 3.46. The van der Waals surface area contributed by atoms with Crippen molar-refractivity contribution >= 4 is 0 Å². The second kappa shape index (κ2) is 7.83. The molecule has 2 aromatic carbocycles. The molecule has 0 bridgehead atoms. The maximum atomic E-state index is 5.34. The second-order valence-corrected chi connectivity index (χ2v) is 5.19. The normalized spacial score (nSPS) is 13.9. The Balaban J connectivity index is 1.69. The summed E-state index contributed by atoms with van der Waals surface area (Å²) in [5.41, 5.74) is 2.54. The minimum absolute atomic E-state index is 0.336. The number of rotatable bonds is 7. The Hall–Kier alpha value is -1.64. The average molecular weight is 270 g/mol. The van der Waals surface area contributed by atoms with Crippen LogP contribution >= 0.6 is 0 Å². The van der Waals surface area contributed by atoms with Crippen LogP contribution in [0.2, 0.25) is 0 Å². The Labute approximate surface area is 121 Å². The third-order valence-corrected chi connectivity index (χ3v) is 3.46. The summed E-state index contributed by atoms with van der Waals surface area (Å²) in [5.74, 6) is 0.673. The molecule has 2 rings (SSSR count). The SMILES string of the molecule is CC(COOCC(C)c1ccccc1)c1ccccc1. The van der Waals surface area contributed by atoms with Gasteiger partial charge in [0, 0.05) is 11.8 Å². The molecule has 0 heterocycles. The quantitative estimate of drug-likeness (QED) is 0.418. The van der Waals surface area contributed by atoms with Crippen molar-refractivity contribution in [3.63, 3.8) is 0 Å². The van der Waals surface area contributed by atoms with Crippen molar-refractivity contribution in [2.45, 2.75) is 25.7 Å².